The molecule has 0 aromatic heterocycles. The molecule has 2 aliphatic heterocycles. The fourth-order valence-electron chi connectivity index (χ4n) is 3.83. The standard InChI is InChI=1S/C21H23FN4O4/c1-29-17-7-6-14(12-18(17)30-2)19(27)25-10-8-21(9-11-25)23-20(28)26(24-21)16-5-3-4-15(22)13-16/h3-7,12-13,24H,8-11H2,1-2H3,(H,23,28). The monoisotopic (exact) mass is 414 g/mol. The second-order valence-electron chi connectivity index (χ2n) is 7.30. The number of halogens is 1. The maximum Gasteiger partial charge on any atom is 0.338 e. The molecule has 2 heterocycles. The lowest BCUT2D eigenvalue weighted by Gasteiger charge is -2.38. The van der Waals surface area contributed by atoms with Gasteiger partial charge >= 0.3 is 6.03 Å². The van der Waals surface area contributed by atoms with Crippen LogP contribution < -0.4 is 25.2 Å². The molecule has 0 bridgehead atoms. The van der Waals surface area contributed by atoms with E-state index in [-0.39, 0.29) is 11.9 Å². The average Bonchev–Trinajstić information content (AvgIpc) is 3.08. The Morgan fingerprint density at radius 3 is 2.47 bits per heavy atom. The number of carbonyl (C=O) groups is 2. The van der Waals surface area contributed by atoms with Gasteiger partial charge in [-0.15, -0.1) is 0 Å². The number of rotatable bonds is 4. The number of piperidine rings is 1. The highest BCUT2D eigenvalue weighted by atomic mass is 19.1. The number of amides is 3. The Labute approximate surface area is 173 Å². The predicted octanol–water partition coefficient (Wildman–Crippen LogP) is 2.51. The molecule has 0 unspecified atom stereocenters. The summed E-state index contributed by atoms with van der Waals surface area (Å²) in [5, 5.41) is 4.26. The molecule has 2 saturated heterocycles. The summed E-state index contributed by atoms with van der Waals surface area (Å²) in [6.07, 6.45) is 1.03. The van der Waals surface area contributed by atoms with Crippen molar-refractivity contribution in [2.45, 2.75) is 18.5 Å². The quantitative estimate of drug-likeness (QED) is 0.803. The van der Waals surface area contributed by atoms with Gasteiger partial charge in [0, 0.05) is 31.5 Å². The van der Waals surface area contributed by atoms with Gasteiger partial charge in [0.1, 0.15) is 11.5 Å². The molecule has 2 fully saturated rings. The number of ether oxygens (including phenoxy) is 2. The van der Waals surface area contributed by atoms with Gasteiger partial charge in [0.25, 0.3) is 5.91 Å². The normalized spacial score (nSPS) is 17.8. The number of hydrogen-bond donors (Lipinski definition) is 2. The summed E-state index contributed by atoms with van der Waals surface area (Å²) in [6.45, 7) is 0.912. The van der Waals surface area contributed by atoms with Crippen LogP contribution in [-0.2, 0) is 0 Å². The van der Waals surface area contributed by atoms with Gasteiger partial charge in [-0.2, -0.15) is 0 Å². The second kappa shape index (κ2) is 7.83. The van der Waals surface area contributed by atoms with Gasteiger partial charge < -0.3 is 19.7 Å². The SMILES string of the molecule is COc1ccc(C(=O)N2CCC3(CC2)NC(=O)N(c2cccc(F)c2)N3)cc1OC. The zero-order valence-corrected chi connectivity index (χ0v) is 16.8. The molecule has 0 saturated carbocycles. The van der Waals surface area contributed by atoms with Crippen LogP contribution >= 0.6 is 0 Å². The number of nitrogens with one attached hydrogen (secondary N) is 2. The van der Waals surface area contributed by atoms with Gasteiger partial charge in [0.2, 0.25) is 0 Å². The molecule has 2 aromatic carbocycles. The van der Waals surface area contributed by atoms with E-state index in [1.807, 2.05) is 0 Å². The number of anilines is 1. The van der Waals surface area contributed by atoms with E-state index in [4.69, 9.17) is 9.47 Å². The molecule has 0 aliphatic carbocycles. The summed E-state index contributed by atoms with van der Waals surface area (Å²) in [5.74, 6) is 0.518. The first-order valence-electron chi connectivity index (χ1n) is 9.62. The van der Waals surface area contributed by atoms with Crippen LogP contribution in [0, 0.1) is 5.82 Å². The van der Waals surface area contributed by atoms with Crippen molar-refractivity contribution in [2.24, 2.45) is 0 Å². The van der Waals surface area contributed by atoms with Crippen LogP contribution in [0.15, 0.2) is 42.5 Å². The minimum absolute atomic E-state index is 0.114. The van der Waals surface area contributed by atoms with E-state index < -0.39 is 11.5 Å². The third-order valence-electron chi connectivity index (χ3n) is 5.48. The third-order valence-corrected chi connectivity index (χ3v) is 5.48. The first-order chi connectivity index (χ1) is 14.4. The number of benzene rings is 2. The van der Waals surface area contributed by atoms with Crippen molar-refractivity contribution in [3.05, 3.63) is 53.8 Å². The number of hydrogen-bond acceptors (Lipinski definition) is 5. The lowest BCUT2D eigenvalue weighted by Crippen LogP contribution is -2.58. The largest absolute Gasteiger partial charge is 0.493 e. The average molecular weight is 414 g/mol. The number of likely N-dealkylation sites (tertiary alicyclic amines) is 1. The molecular formula is C21H23FN4O4. The van der Waals surface area contributed by atoms with E-state index >= 15 is 0 Å². The van der Waals surface area contributed by atoms with E-state index in [1.54, 1.807) is 42.3 Å². The zero-order chi connectivity index (χ0) is 21.3. The lowest BCUT2D eigenvalue weighted by atomic mass is 9.97. The highest BCUT2D eigenvalue weighted by Crippen LogP contribution is 2.30. The van der Waals surface area contributed by atoms with Crippen LogP contribution in [0.25, 0.3) is 0 Å². The predicted molar refractivity (Wildman–Crippen MR) is 108 cm³/mol. The molecule has 158 valence electrons. The van der Waals surface area contributed by atoms with Gasteiger partial charge in [-0.05, 0) is 36.4 Å². The first-order valence-corrected chi connectivity index (χ1v) is 9.62. The number of carbonyl (C=O) groups excluding carboxylic acids is 2. The van der Waals surface area contributed by atoms with E-state index in [0.29, 0.717) is 48.7 Å². The summed E-state index contributed by atoms with van der Waals surface area (Å²) < 4.78 is 24.0. The van der Waals surface area contributed by atoms with Gasteiger partial charge in [0.15, 0.2) is 11.5 Å². The van der Waals surface area contributed by atoms with E-state index in [0.717, 1.165) is 0 Å². The summed E-state index contributed by atoms with van der Waals surface area (Å²) >= 11 is 0. The highest BCUT2D eigenvalue weighted by Gasteiger charge is 2.45. The molecule has 0 radical (unpaired) electrons. The van der Waals surface area contributed by atoms with E-state index in [1.165, 1.54) is 24.3 Å². The van der Waals surface area contributed by atoms with Gasteiger partial charge in [-0.25, -0.2) is 19.6 Å². The van der Waals surface area contributed by atoms with E-state index in [9.17, 15) is 14.0 Å². The molecule has 2 N–H and O–H groups in total. The van der Waals surface area contributed by atoms with Gasteiger partial charge in [-0.3, -0.25) is 4.79 Å². The van der Waals surface area contributed by atoms with Crippen LogP contribution in [0.5, 0.6) is 11.5 Å². The van der Waals surface area contributed by atoms with Crippen molar-refractivity contribution in [3.63, 3.8) is 0 Å². The Kier molecular flexibility index (Phi) is 5.21. The summed E-state index contributed by atoms with van der Waals surface area (Å²) in [5.41, 5.74) is 3.43. The molecule has 2 aliphatic rings. The molecular weight excluding hydrogens is 391 g/mol. The molecule has 8 nitrogen and oxygen atoms in total. The molecule has 2 aromatic rings. The van der Waals surface area contributed by atoms with Crippen LogP contribution in [-0.4, -0.2) is 49.8 Å². The number of methoxy groups -OCH3 is 2. The minimum Gasteiger partial charge on any atom is -0.493 e. The van der Waals surface area contributed by atoms with Crippen LogP contribution in [0.3, 0.4) is 0 Å². The Morgan fingerprint density at radius 2 is 1.80 bits per heavy atom. The molecule has 4 rings (SSSR count). The molecule has 9 heteroatoms. The number of hydrazine groups is 1. The smallest absolute Gasteiger partial charge is 0.338 e. The lowest BCUT2D eigenvalue weighted by molar-refractivity contribution is 0.0640. The minimum atomic E-state index is -0.669. The maximum atomic E-state index is 13.5. The fraction of sp³-hybridized carbons (Fsp3) is 0.333. The number of nitrogens with zero attached hydrogens (tertiary/aromatic N) is 2. The molecule has 3 amide bonds. The molecule has 0 atom stereocenters. The first kappa shape index (κ1) is 20.0. The van der Waals surface area contributed by atoms with E-state index in [2.05, 4.69) is 10.7 Å². The van der Waals surface area contributed by atoms with Crippen molar-refractivity contribution in [2.75, 3.05) is 32.3 Å². The maximum absolute atomic E-state index is 13.5. The van der Waals surface area contributed by atoms with Crippen molar-refractivity contribution in [1.29, 1.82) is 0 Å². The van der Waals surface area contributed by atoms with Gasteiger partial charge in [0.05, 0.1) is 19.9 Å². The Bertz CT molecular complexity index is 975. The third kappa shape index (κ3) is 3.63. The highest BCUT2D eigenvalue weighted by molar-refractivity contribution is 5.95. The van der Waals surface area contributed by atoms with Crippen molar-refractivity contribution in [3.8, 4) is 11.5 Å². The van der Waals surface area contributed by atoms with Crippen molar-refractivity contribution >= 4 is 17.6 Å². The summed E-state index contributed by atoms with van der Waals surface area (Å²) in [4.78, 5) is 27.1. The van der Waals surface area contributed by atoms with Crippen LogP contribution in [0.1, 0.15) is 23.2 Å². The topological polar surface area (TPSA) is 83.1 Å². The van der Waals surface area contributed by atoms with Crippen LogP contribution in [0.4, 0.5) is 14.9 Å². The molecule has 1 spiro atoms. The zero-order valence-electron chi connectivity index (χ0n) is 16.8. The Balaban J connectivity index is 1.44. The fourth-order valence-corrected chi connectivity index (χ4v) is 3.83. The Morgan fingerprint density at radius 1 is 1.07 bits per heavy atom. The molecule has 30 heavy (non-hydrogen) atoms. The Hall–Kier alpha value is -3.33. The summed E-state index contributed by atoms with van der Waals surface area (Å²) in [7, 11) is 3.06. The van der Waals surface area contributed by atoms with Gasteiger partial charge in [-0.1, -0.05) is 6.07 Å². The van der Waals surface area contributed by atoms with Crippen LogP contribution in [0.2, 0.25) is 0 Å². The van der Waals surface area contributed by atoms with Crippen molar-refractivity contribution in [1.82, 2.24) is 15.6 Å². The van der Waals surface area contributed by atoms with Crippen molar-refractivity contribution < 1.29 is 23.5 Å². The number of urea groups is 1. The summed E-state index contributed by atoms with van der Waals surface area (Å²) in [6, 6.07) is 10.5. The second-order valence-corrected chi connectivity index (χ2v) is 7.30.